The zero-order valence-electron chi connectivity index (χ0n) is 13.2. The highest BCUT2D eigenvalue weighted by molar-refractivity contribution is 9.10. The minimum atomic E-state index is -1.08. The molecule has 0 radical (unpaired) electrons. The van der Waals surface area contributed by atoms with Gasteiger partial charge in [0.05, 0.1) is 11.3 Å². The second-order valence-corrected chi connectivity index (χ2v) is 6.32. The summed E-state index contributed by atoms with van der Waals surface area (Å²) in [5.41, 5.74) is 1.15. The number of aromatic amines is 1. The molecule has 0 fully saturated rings. The summed E-state index contributed by atoms with van der Waals surface area (Å²) in [6.07, 6.45) is 0.454. The van der Waals surface area contributed by atoms with E-state index in [1.807, 2.05) is 12.1 Å². The molecule has 1 amide bonds. The monoisotopic (exact) mass is 404 g/mol. The Hall–Kier alpha value is -2.67. The molecule has 5 nitrogen and oxygen atoms in total. The van der Waals surface area contributed by atoms with Gasteiger partial charge in [-0.05, 0) is 31.2 Å². The van der Waals surface area contributed by atoms with Gasteiger partial charge in [0.2, 0.25) is 0 Å². The minimum Gasteiger partial charge on any atom is -0.449 e. The maximum Gasteiger partial charge on any atom is 0.341 e. The third-order valence-electron chi connectivity index (χ3n) is 3.65. The fourth-order valence-electron chi connectivity index (χ4n) is 2.34. The average Bonchev–Trinajstić information content (AvgIpc) is 3.01. The third kappa shape index (κ3) is 3.71. The Bertz CT molecular complexity index is 954. The summed E-state index contributed by atoms with van der Waals surface area (Å²) in [6.45, 7) is 1.43. The molecule has 128 valence electrons. The predicted molar refractivity (Wildman–Crippen MR) is 95.9 cm³/mol. The Balaban J connectivity index is 1.69. The first-order valence-corrected chi connectivity index (χ1v) is 8.28. The fraction of sp³-hybridized carbons (Fsp3) is 0.111. The van der Waals surface area contributed by atoms with Crippen LogP contribution in [0.4, 0.5) is 10.1 Å². The first kappa shape index (κ1) is 17.2. The molecule has 3 aromatic rings. The van der Waals surface area contributed by atoms with Crippen molar-refractivity contribution in [2.24, 2.45) is 0 Å². The quantitative estimate of drug-likeness (QED) is 0.638. The van der Waals surface area contributed by atoms with Crippen molar-refractivity contribution in [1.82, 2.24) is 4.98 Å². The normalized spacial score (nSPS) is 12.0. The van der Waals surface area contributed by atoms with Crippen LogP contribution in [0, 0.1) is 5.82 Å². The van der Waals surface area contributed by atoms with Crippen molar-refractivity contribution in [1.29, 1.82) is 0 Å². The van der Waals surface area contributed by atoms with E-state index in [-0.39, 0.29) is 5.69 Å². The zero-order chi connectivity index (χ0) is 18.0. The molecule has 0 aliphatic rings. The molecule has 7 heteroatoms. The van der Waals surface area contributed by atoms with Gasteiger partial charge in [-0.2, -0.15) is 0 Å². The Morgan fingerprint density at radius 3 is 2.76 bits per heavy atom. The van der Waals surface area contributed by atoms with Crippen LogP contribution in [0.15, 0.2) is 53.1 Å². The lowest BCUT2D eigenvalue weighted by Gasteiger charge is -2.13. The van der Waals surface area contributed by atoms with Crippen LogP contribution in [0.5, 0.6) is 0 Å². The first-order valence-electron chi connectivity index (χ1n) is 7.48. The number of para-hydroxylation sites is 1. The molecule has 0 spiro atoms. The van der Waals surface area contributed by atoms with E-state index in [1.165, 1.54) is 25.3 Å². The summed E-state index contributed by atoms with van der Waals surface area (Å²) in [6, 6.07) is 11.5. The van der Waals surface area contributed by atoms with Crippen LogP contribution in [-0.4, -0.2) is 23.0 Å². The maximum atomic E-state index is 13.8. The number of fused-ring (bicyclic) bond motifs is 1. The van der Waals surface area contributed by atoms with Crippen molar-refractivity contribution in [3.63, 3.8) is 0 Å². The van der Waals surface area contributed by atoms with Gasteiger partial charge in [-0.25, -0.2) is 9.18 Å². The number of hydrogen-bond donors (Lipinski definition) is 2. The maximum absolute atomic E-state index is 13.8. The van der Waals surface area contributed by atoms with E-state index in [4.69, 9.17) is 4.74 Å². The number of carbonyl (C=O) groups is 2. The van der Waals surface area contributed by atoms with E-state index >= 15 is 0 Å². The van der Waals surface area contributed by atoms with Gasteiger partial charge in [0.25, 0.3) is 5.91 Å². The number of rotatable bonds is 4. The molecule has 0 bridgehead atoms. The molecule has 0 saturated heterocycles. The highest BCUT2D eigenvalue weighted by Crippen LogP contribution is 2.21. The van der Waals surface area contributed by atoms with Gasteiger partial charge >= 0.3 is 5.97 Å². The van der Waals surface area contributed by atoms with Gasteiger partial charge in [-0.15, -0.1) is 0 Å². The number of aromatic nitrogens is 1. The number of esters is 1. The molecule has 0 aliphatic heterocycles. The van der Waals surface area contributed by atoms with E-state index in [9.17, 15) is 14.0 Å². The molecule has 2 N–H and O–H groups in total. The van der Waals surface area contributed by atoms with Crippen LogP contribution in [0.25, 0.3) is 10.9 Å². The van der Waals surface area contributed by atoms with Crippen LogP contribution in [0.1, 0.15) is 17.3 Å². The first-order chi connectivity index (χ1) is 12.0. The molecule has 0 unspecified atom stereocenters. The number of amides is 1. The van der Waals surface area contributed by atoms with Crippen LogP contribution >= 0.6 is 15.9 Å². The van der Waals surface area contributed by atoms with Crippen molar-refractivity contribution in [3.8, 4) is 0 Å². The summed E-state index contributed by atoms with van der Waals surface area (Å²) in [5, 5.41) is 3.11. The third-order valence-corrected chi connectivity index (χ3v) is 4.14. The molecule has 1 aromatic heterocycles. The number of benzene rings is 2. The highest BCUT2D eigenvalue weighted by Gasteiger charge is 2.21. The number of anilines is 1. The van der Waals surface area contributed by atoms with Crippen LogP contribution in [-0.2, 0) is 9.53 Å². The van der Waals surface area contributed by atoms with Gasteiger partial charge in [0.1, 0.15) is 5.82 Å². The summed E-state index contributed by atoms with van der Waals surface area (Å²) in [4.78, 5) is 27.4. The second-order valence-electron chi connectivity index (χ2n) is 5.41. The van der Waals surface area contributed by atoms with Crippen molar-refractivity contribution in [3.05, 3.63) is 64.5 Å². The van der Waals surface area contributed by atoms with Crippen molar-refractivity contribution in [2.75, 3.05) is 5.32 Å². The van der Waals surface area contributed by atoms with Gasteiger partial charge in [-0.1, -0.05) is 34.1 Å². The fourth-order valence-corrected chi connectivity index (χ4v) is 2.68. The molecule has 0 saturated carbocycles. The lowest BCUT2D eigenvalue weighted by Crippen LogP contribution is -2.30. The second kappa shape index (κ2) is 7.06. The molecular weight excluding hydrogens is 391 g/mol. The zero-order valence-corrected chi connectivity index (χ0v) is 14.8. The topological polar surface area (TPSA) is 71.2 Å². The van der Waals surface area contributed by atoms with E-state index in [1.54, 1.807) is 18.2 Å². The summed E-state index contributed by atoms with van der Waals surface area (Å²) in [5.74, 6) is -1.83. The predicted octanol–water partition coefficient (Wildman–Crippen LogP) is 4.25. The number of ether oxygens (including phenoxy) is 1. The Kier molecular flexibility index (Phi) is 4.85. The highest BCUT2D eigenvalue weighted by atomic mass is 79.9. The van der Waals surface area contributed by atoms with Gasteiger partial charge in [0, 0.05) is 21.6 Å². The molecule has 0 aliphatic carbocycles. The number of H-pyrrole nitrogens is 1. The van der Waals surface area contributed by atoms with Gasteiger partial charge in [0.15, 0.2) is 6.10 Å². The summed E-state index contributed by atoms with van der Waals surface area (Å²) in [7, 11) is 0. The molecular formula is C18H14BrFN2O3. The Morgan fingerprint density at radius 2 is 2.00 bits per heavy atom. The Labute approximate surface area is 151 Å². The van der Waals surface area contributed by atoms with E-state index < -0.39 is 23.8 Å². The van der Waals surface area contributed by atoms with E-state index in [0.717, 1.165) is 5.52 Å². The molecule has 1 heterocycles. The average molecular weight is 405 g/mol. The van der Waals surface area contributed by atoms with E-state index in [0.29, 0.717) is 15.4 Å². The molecule has 1 atom stereocenters. The van der Waals surface area contributed by atoms with Crippen LogP contribution in [0.3, 0.4) is 0 Å². The summed E-state index contributed by atoms with van der Waals surface area (Å²) < 4.78 is 19.5. The number of nitrogens with one attached hydrogen (secondary N) is 2. The van der Waals surface area contributed by atoms with Crippen molar-refractivity contribution >= 4 is 44.4 Å². The standard InChI is InChI=1S/C18H14BrFN2O3/c1-10(17(23)22-16-7-6-11(19)8-14(16)20)25-18(24)13-9-21-15-5-3-2-4-12(13)15/h2-10,21H,1H3,(H,22,23)/t10-/m0/s1. The Morgan fingerprint density at radius 1 is 1.24 bits per heavy atom. The molecule has 3 rings (SSSR count). The smallest absolute Gasteiger partial charge is 0.341 e. The van der Waals surface area contributed by atoms with Crippen molar-refractivity contribution in [2.45, 2.75) is 13.0 Å². The van der Waals surface area contributed by atoms with Gasteiger partial charge in [-0.3, -0.25) is 4.79 Å². The lowest BCUT2D eigenvalue weighted by molar-refractivity contribution is -0.123. The van der Waals surface area contributed by atoms with Crippen LogP contribution in [0.2, 0.25) is 0 Å². The summed E-state index contributed by atoms with van der Waals surface area (Å²) >= 11 is 3.14. The minimum absolute atomic E-state index is 0.0168. The van der Waals surface area contributed by atoms with E-state index in [2.05, 4.69) is 26.2 Å². The number of carbonyl (C=O) groups excluding carboxylic acids is 2. The van der Waals surface area contributed by atoms with Gasteiger partial charge < -0.3 is 15.0 Å². The number of halogens is 2. The molecule has 25 heavy (non-hydrogen) atoms. The SMILES string of the molecule is C[C@H](OC(=O)c1c[nH]c2ccccc12)C(=O)Nc1ccc(Br)cc1F. The molecule has 2 aromatic carbocycles. The van der Waals surface area contributed by atoms with Crippen molar-refractivity contribution < 1.29 is 18.7 Å². The lowest BCUT2D eigenvalue weighted by atomic mass is 10.2. The number of hydrogen-bond acceptors (Lipinski definition) is 3. The van der Waals surface area contributed by atoms with Crippen LogP contribution < -0.4 is 5.32 Å². The largest absolute Gasteiger partial charge is 0.449 e.